The molecule has 0 aromatic heterocycles. The van der Waals surface area contributed by atoms with Crippen molar-refractivity contribution in [3.8, 4) is 0 Å². The molecule has 0 heterocycles. The standard InChI is InChI=1S/C8H17NO2/c1-6-4-7(6)8(5-9)11-3-2-10/h6-8,10H,2-5,9H2,1H3. The lowest BCUT2D eigenvalue weighted by molar-refractivity contribution is 0.0191. The fourth-order valence-electron chi connectivity index (χ4n) is 1.44. The molecule has 66 valence electrons. The highest BCUT2D eigenvalue weighted by Crippen LogP contribution is 2.41. The van der Waals surface area contributed by atoms with Crippen molar-refractivity contribution in [1.29, 1.82) is 0 Å². The summed E-state index contributed by atoms with van der Waals surface area (Å²) in [6.45, 7) is 3.30. The molecule has 1 fully saturated rings. The van der Waals surface area contributed by atoms with Gasteiger partial charge >= 0.3 is 0 Å². The number of hydrogen-bond acceptors (Lipinski definition) is 3. The van der Waals surface area contributed by atoms with Crippen LogP contribution in [0.2, 0.25) is 0 Å². The van der Waals surface area contributed by atoms with Crippen molar-refractivity contribution in [2.75, 3.05) is 19.8 Å². The maximum atomic E-state index is 8.51. The number of hydrogen-bond donors (Lipinski definition) is 2. The highest BCUT2D eigenvalue weighted by Gasteiger charge is 2.39. The van der Waals surface area contributed by atoms with Crippen molar-refractivity contribution in [2.24, 2.45) is 17.6 Å². The van der Waals surface area contributed by atoms with Gasteiger partial charge in [-0.25, -0.2) is 0 Å². The van der Waals surface area contributed by atoms with Gasteiger partial charge in [0.1, 0.15) is 0 Å². The van der Waals surface area contributed by atoms with E-state index in [-0.39, 0.29) is 12.7 Å². The van der Waals surface area contributed by atoms with Gasteiger partial charge in [-0.2, -0.15) is 0 Å². The van der Waals surface area contributed by atoms with Crippen LogP contribution in [0.15, 0.2) is 0 Å². The minimum absolute atomic E-state index is 0.0948. The first-order chi connectivity index (χ1) is 5.29. The number of aliphatic hydroxyl groups excluding tert-OH is 1. The van der Waals surface area contributed by atoms with Gasteiger partial charge in [-0.3, -0.25) is 0 Å². The Morgan fingerprint density at radius 3 is 2.73 bits per heavy atom. The van der Waals surface area contributed by atoms with Crippen molar-refractivity contribution in [1.82, 2.24) is 0 Å². The van der Waals surface area contributed by atoms with Gasteiger partial charge in [0, 0.05) is 6.54 Å². The van der Waals surface area contributed by atoms with E-state index in [2.05, 4.69) is 6.92 Å². The Bertz CT molecular complexity index is 119. The fraction of sp³-hybridized carbons (Fsp3) is 1.00. The molecule has 0 spiro atoms. The highest BCUT2D eigenvalue weighted by atomic mass is 16.5. The Kier molecular flexibility index (Phi) is 3.30. The molecule has 0 aromatic rings. The molecule has 3 nitrogen and oxygen atoms in total. The van der Waals surface area contributed by atoms with Crippen LogP contribution in [-0.2, 0) is 4.74 Å². The van der Waals surface area contributed by atoms with E-state index in [0.29, 0.717) is 19.1 Å². The molecule has 0 radical (unpaired) electrons. The normalized spacial score (nSPS) is 31.9. The second-order valence-corrected chi connectivity index (χ2v) is 3.25. The summed E-state index contributed by atoms with van der Waals surface area (Å²) in [6.07, 6.45) is 1.41. The SMILES string of the molecule is CC1CC1C(CN)OCCO. The van der Waals surface area contributed by atoms with E-state index in [9.17, 15) is 0 Å². The van der Waals surface area contributed by atoms with Crippen molar-refractivity contribution >= 4 is 0 Å². The molecule has 1 rings (SSSR count). The molecule has 0 saturated heterocycles. The fourth-order valence-corrected chi connectivity index (χ4v) is 1.44. The van der Waals surface area contributed by atoms with Crippen LogP contribution >= 0.6 is 0 Å². The first-order valence-electron chi connectivity index (χ1n) is 4.22. The van der Waals surface area contributed by atoms with Crippen molar-refractivity contribution in [3.63, 3.8) is 0 Å². The van der Waals surface area contributed by atoms with E-state index in [1.165, 1.54) is 6.42 Å². The summed E-state index contributed by atoms with van der Waals surface area (Å²) in [7, 11) is 0. The van der Waals surface area contributed by atoms with Crippen molar-refractivity contribution in [2.45, 2.75) is 19.4 Å². The smallest absolute Gasteiger partial charge is 0.0729 e. The lowest BCUT2D eigenvalue weighted by atomic mass is 10.2. The van der Waals surface area contributed by atoms with Crippen molar-refractivity contribution < 1.29 is 9.84 Å². The minimum Gasteiger partial charge on any atom is -0.394 e. The first-order valence-corrected chi connectivity index (χ1v) is 4.22. The minimum atomic E-state index is 0.0948. The van der Waals surface area contributed by atoms with Crippen LogP contribution in [-0.4, -0.2) is 31.0 Å². The highest BCUT2D eigenvalue weighted by molar-refractivity contribution is 4.89. The van der Waals surface area contributed by atoms with Crippen molar-refractivity contribution in [3.05, 3.63) is 0 Å². The monoisotopic (exact) mass is 159 g/mol. The molecular weight excluding hydrogens is 142 g/mol. The number of aliphatic hydroxyl groups is 1. The lowest BCUT2D eigenvalue weighted by Crippen LogP contribution is -2.27. The molecule has 1 aliphatic rings. The van der Waals surface area contributed by atoms with E-state index in [4.69, 9.17) is 15.6 Å². The summed E-state index contributed by atoms with van der Waals surface area (Å²) in [6, 6.07) is 0. The molecule has 3 atom stereocenters. The Hall–Kier alpha value is -0.120. The first kappa shape index (κ1) is 8.97. The number of nitrogens with two attached hydrogens (primary N) is 1. The Morgan fingerprint density at radius 1 is 1.73 bits per heavy atom. The molecule has 3 unspecified atom stereocenters. The Morgan fingerprint density at radius 2 is 2.36 bits per heavy atom. The summed E-state index contributed by atoms with van der Waals surface area (Å²) in [5.74, 6) is 1.41. The summed E-state index contributed by atoms with van der Waals surface area (Å²) in [4.78, 5) is 0. The van der Waals surface area contributed by atoms with E-state index in [1.54, 1.807) is 0 Å². The third-order valence-electron chi connectivity index (χ3n) is 2.30. The topological polar surface area (TPSA) is 55.5 Å². The molecule has 1 saturated carbocycles. The Balaban J connectivity index is 2.15. The van der Waals surface area contributed by atoms with Crippen LogP contribution < -0.4 is 5.73 Å². The summed E-state index contributed by atoms with van der Waals surface area (Å²) in [5.41, 5.74) is 5.51. The summed E-state index contributed by atoms with van der Waals surface area (Å²) in [5, 5.41) is 8.51. The van der Waals surface area contributed by atoms with Crippen LogP contribution in [0.25, 0.3) is 0 Å². The van der Waals surface area contributed by atoms with Gasteiger partial charge in [0.25, 0.3) is 0 Å². The molecular formula is C8H17NO2. The molecule has 1 aliphatic carbocycles. The third-order valence-corrected chi connectivity index (χ3v) is 2.30. The molecule has 0 amide bonds. The second kappa shape index (κ2) is 4.04. The van der Waals surface area contributed by atoms with Crippen LogP contribution in [0, 0.1) is 11.8 Å². The zero-order valence-electron chi connectivity index (χ0n) is 6.99. The summed E-state index contributed by atoms with van der Waals surface area (Å²) >= 11 is 0. The van der Waals surface area contributed by atoms with E-state index >= 15 is 0 Å². The predicted molar refractivity (Wildman–Crippen MR) is 43.2 cm³/mol. The van der Waals surface area contributed by atoms with Gasteiger partial charge in [0.2, 0.25) is 0 Å². The molecule has 0 aliphatic heterocycles. The molecule has 3 N–H and O–H groups in total. The molecule has 11 heavy (non-hydrogen) atoms. The third kappa shape index (κ3) is 2.43. The molecule has 0 bridgehead atoms. The predicted octanol–water partition coefficient (Wildman–Crippen LogP) is -0.0214. The summed E-state index contributed by atoms with van der Waals surface area (Å²) < 4.78 is 5.36. The molecule has 3 heteroatoms. The van der Waals surface area contributed by atoms with Crippen LogP contribution in [0.1, 0.15) is 13.3 Å². The molecule has 0 aromatic carbocycles. The maximum Gasteiger partial charge on any atom is 0.0729 e. The Labute approximate surface area is 67.5 Å². The van der Waals surface area contributed by atoms with Gasteiger partial charge in [0.05, 0.1) is 19.3 Å². The van der Waals surface area contributed by atoms with Gasteiger partial charge in [0.15, 0.2) is 0 Å². The van der Waals surface area contributed by atoms with Crippen LogP contribution in [0.4, 0.5) is 0 Å². The average molecular weight is 159 g/mol. The maximum absolute atomic E-state index is 8.51. The zero-order valence-corrected chi connectivity index (χ0v) is 6.99. The lowest BCUT2D eigenvalue weighted by Gasteiger charge is -2.14. The number of rotatable bonds is 5. The van der Waals surface area contributed by atoms with Gasteiger partial charge < -0.3 is 15.6 Å². The van der Waals surface area contributed by atoms with Gasteiger partial charge in [-0.15, -0.1) is 0 Å². The zero-order chi connectivity index (χ0) is 8.27. The quantitative estimate of drug-likeness (QED) is 0.592. The average Bonchev–Trinajstić information content (AvgIpc) is 2.69. The van der Waals surface area contributed by atoms with Gasteiger partial charge in [-0.1, -0.05) is 6.92 Å². The van der Waals surface area contributed by atoms with Gasteiger partial charge in [-0.05, 0) is 18.3 Å². The van der Waals surface area contributed by atoms with E-state index in [0.717, 1.165) is 5.92 Å². The largest absolute Gasteiger partial charge is 0.394 e. The van der Waals surface area contributed by atoms with E-state index < -0.39 is 0 Å². The second-order valence-electron chi connectivity index (χ2n) is 3.25. The van der Waals surface area contributed by atoms with Crippen LogP contribution in [0.3, 0.4) is 0 Å². The van der Waals surface area contributed by atoms with E-state index in [1.807, 2.05) is 0 Å². The number of ether oxygens (including phenoxy) is 1. The van der Waals surface area contributed by atoms with Crippen LogP contribution in [0.5, 0.6) is 0 Å².